The van der Waals surface area contributed by atoms with Gasteiger partial charge in [-0.2, -0.15) is 5.10 Å². The van der Waals surface area contributed by atoms with Gasteiger partial charge in [-0.1, -0.05) is 0 Å². The molecular formula is C13H15N5S. The third-order valence-electron chi connectivity index (χ3n) is 2.97. The maximum Gasteiger partial charge on any atom is 0.147 e. The predicted molar refractivity (Wildman–Crippen MR) is 77.6 cm³/mol. The van der Waals surface area contributed by atoms with E-state index in [2.05, 4.69) is 32.7 Å². The second-order valence-electron chi connectivity index (χ2n) is 4.48. The number of nitrogens with zero attached hydrogens (tertiary/aromatic N) is 4. The van der Waals surface area contributed by atoms with Crippen molar-refractivity contribution in [2.24, 2.45) is 7.05 Å². The molecule has 0 aromatic carbocycles. The van der Waals surface area contributed by atoms with Crippen LogP contribution in [0.2, 0.25) is 0 Å². The maximum atomic E-state index is 4.35. The summed E-state index contributed by atoms with van der Waals surface area (Å²) in [7, 11) is 1.93. The van der Waals surface area contributed by atoms with Gasteiger partial charge in [-0.3, -0.25) is 4.68 Å². The Morgan fingerprint density at radius 3 is 3.05 bits per heavy atom. The van der Waals surface area contributed by atoms with Crippen molar-refractivity contribution < 1.29 is 0 Å². The molecule has 98 valence electrons. The first-order chi connectivity index (χ1) is 9.24. The van der Waals surface area contributed by atoms with E-state index in [0.29, 0.717) is 0 Å². The minimum absolute atomic E-state index is 0.820. The van der Waals surface area contributed by atoms with E-state index in [-0.39, 0.29) is 0 Å². The summed E-state index contributed by atoms with van der Waals surface area (Å²) in [5.41, 5.74) is 3.33. The molecule has 5 nitrogen and oxygen atoms in total. The van der Waals surface area contributed by atoms with Crippen LogP contribution in [0.3, 0.4) is 0 Å². The molecule has 0 aliphatic carbocycles. The first-order valence-corrected chi connectivity index (χ1v) is 7.03. The molecule has 0 bridgehead atoms. The summed E-state index contributed by atoms with van der Waals surface area (Å²) in [6.45, 7) is 2.89. The minimum atomic E-state index is 0.820. The quantitative estimate of drug-likeness (QED) is 0.793. The van der Waals surface area contributed by atoms with E-state index >= 15 is 0 Å². The number of aromatic nitrogens is 4. The molecule has 0 amide bonds. The van der Waals surface area contributed by atoms with Gasteiger partial charge < -0.3 is 5.32 Å². The van der Waals surface area contributed by atoms with Gasteiger partial charge >= 0.3 is 0 Å². The van der Waals surface area contributed by atoms with Gasteiger partial charge in [0.05, 0.1) is 15.9 Å². The third-order valence-corrected chi connectivity index (χ3v) is 4.07. The van der Waals surface area contributed by atoms with Crippen LogP contribution in [0.25, 0.3) is 10.2 Å². The van der Waals surface area contributed by atoms with Gasteiger partial charge in [-0.25, -0.2) is 9.97 Å². The number of aryl methyl sites for hydroxylation is 2. The van der Waals surface area contributed by atoms with Crippen LogP contribution in [0.1, 0.15) is 11.3 Å². The summed E-state index contributed by atoms with van der Waals surface area (Å²) in [5, 5.41) is 9.84. The molecule has 3 aromatic rings. The number of fused-ring (bicyclic) bond motifs is 1. The molecule has 3 heterocycles. The topological polar surface area (TPSA) is 55.6 Å². The molecule has 0 aliphatic heterocycles. The molecule has 0 atom stereocenters. The number of hydrogen-bond acceptors (Lipinski definition) is 5. The second kappa shape index (κ2) is 4.97. The summed E-state index contributed by atoms with van der Waals surface area (Å²) in [5.74, 6) is 0.916. The second-order valence-corrected chi connectivity index (χ2v) is 5.36. The Bertz CT molecular complexity index is 700. The molecule has 0 unspecified atom stereocenters. The molecule has 3 rings (SSSR count). The van der Waals surface area contributed by atoms with Gasteiger partial charge in [0.2, 0.25) is 0 Å². The highest BCUT2D eigenvalue weighted by Gasteiger charge is 2.07. The van der Waals surface area contributed by atoms with Crippen LogP contribution >= 0.6 is 11.3 Å². The predicted octanol–water partition coefficient (Wildman–Crippen LogP) is 2.39. The van der Waals surface area contributed by atoms with Crippen LogP contribution in [-0.4, -0.2) is 26.3 Å². The summed E-state index contributed by atoms with van der Waals surface area (Å²) in [6, 6.07) is 2.03. The van der Waals surface area contributed by atoms with E-state index in [9.17, 15) is 0 Å². The van der Waals surface area contributed by atoms with Crippen molar-refractivity contribution in [3.8, 4) is 0 Å². The zero-order valence-electron chi connectivity index (χ0n) is 10.9. The fourth-order valence-corrected chi connectivity index (χ4v) is 2.97. The van der Waals surface area contributed by atoms with Crippen molar-refractivity contribution in [1.82, 2.24) is 19.7 Å². The fraction of sp³-hybridized carbons (Fsp3) is 0.308. The first-order valence-electron chi connectivity index (χ1n) is 6.15. The molecule has 6 heteroatoms. The fourth-order valence-electron chi connectivity index (χ4n) is 2.00. The van der Waals surface area contributed by atoms with E-state index in [1.807, 2.05) is 24.0 Å². The average molecular weight is 273 g/mol. The van der Waals surface area contributed by atoms with Gasteiger partial charge in [-0.05, 0) is 23.9 Å². The van der Waals surface area contributed by atoms with Gasteiger partial charge in [-0.15, -0.1) is 11.3 Å². The molecule has 19 heavy (non-hydrogen) atoms. The van der Waals surface area contributed by atoms with Crippen molar-refractivity contribution in [3.63, 3.8) is 0 Å². The van der Waals surface area contributed by atoms with E-state index in [1.54, 1.807) is 17.7 Å². The standard InChI is InChI=1S/C13H15N5S/c1-9-7-19-12-11(9)15-8-16-13(12)14-5-3-10-4-6-18(2)17-10/h4,6-8H,3,5H2,1-2H3,(H,14,15,16). The lowest BCUT2D eigenvalue weighted by molar-refractivity contribution is 0.742. The summed E-state index contributed by atoms with van der Waals surface area (Å²) < 4.78 is 2.95. The molecular weight excluding hydrogens is 258 g/mol. The average Bonchev–Trinajstić information content (AvgIpc) is 2.98. The summed E-state index contributed by atoms with van der Waals surface area (Å²) in [4.78, 5) is 8.63. The zero-order valence-corrected chi connectivity index (χ0v) is 11.7. The van der Waals surface area contributed by atoms with Crippen molar-refractivity contribution in [1.29, 1.82) is 0 Å². The van der Waals surface area contributed by atoms with Gasteiger partial charge in [0.1, 0.15) is 12.1 Å². The number of nitrogens with one attached hydrogen (secondary N) is 1. The molecule has 0 saturated carbocycles. The zero-order chi connectivity index (χ0) is 13.2. The Balaban J connectivity index is 1.71. The van der Waals surface area contributed by atoms with Gasteiger partial charge in [0.15, 0.2) is 0 Å². The highest BCUT2D eigenvalue weighted by Crippen LogP contribution is 2.28. The van der Waals surface area contributed by atoms with E-state index in [4.69, 9.17) is 0 Å². The molecule has 3 aromatic heterocycles. The van der Waals surface area contributed by atoms with Crippen molar-refractivity contribution >= 4 is 27.4 Å². The molecule has 0 saturated heterocycles. The van der Waals surface area contributed by atoms with Crippen molar-refractivity contribution in [3.05, 3.63) is 35.2 Å². The number of thiophene rings is 1. The number of hydrogen-bond donors (Lipinski definition) is 1. The van der Waals surface area contributed by atoms with E-state index < -0.39 is 0 Å². The number of anilines is 1. The number of rotatable bonds is 4. The summed E-state index contributed by atoms with van der Waals surface area (Å²) >= 11 is 1.68. The van der Waals surface area contributed by atoms with Crippen LogP contribution in [-0.2, 0) is 13.5 Å². The van der Waals surface area contributed by atoms with Crippen molar-refractivity contribution in [2.75, 3.05) is 11.9 Å². The van der Waals surface area contributed by atoms with Crippen molar-refractivity contribution in [2.45, 2.75) is 13.3 Å². The Morgan fingerprint density at radius 1 is 1.37 bits per heavy atom. The molecule has 0 aliphatic rings. The monoisotopic (exact) mass is 273 g/mol. The minimum Gasteiger partial charge on any atom is -0.368 e. The van der Waals surface area contributed by atoms with Crippen LogP contribution in [0.5, 0.6) is 0 Å². The van der Waals surface area contributed by atoms with Gasteiger partial charge in [0, 0.05) is 26.2 Å². The normalized spacial score (nSPS) is 11.1. The summed E-state index contributed by atoms with van der Waals surface area (Å²) in [6.07, 6.45) is 4.46. The lowest BCUT2D eigenvalue weighted by Gasteiger charge is -2.04. The van der Waals surface area contributed by atoms with Crippen LogP contribution in [0.4, 0.5) is 5.82 Å². The third kappa shape index (κ3) is 2.44. The Labute approximate surface area is 115 Å². The Hall–Kier alpha value is -1.95. The van der Waals surface area contributed by atoms with Crippen LogP contribution in [0, 0.1) is 6.92 Å². The smallest absolute Gasteiger partial charge is 0.147 e. The lowest BCUT2D eigenvalue weighted by atomic mass is 10.3. The molecule has 0 spiro atoms. The largest absolute Gasteiger partial charge is 0.368 e. The highest BCUT2D eigenvalue weighted by atomic mass is 32.1. The first kappa shape index (κ1) is 12.1. The van der Waals surface area contributed by atoms with Crippen LogP contribution in [0.15, 0.2) is 24.0 Å². The van der Waals surface area contributed by atoms with E-state index in [0.717, 1.165) is 34.7 Å². The Kier molecular flexibility index (Phi) is 3.16. The van der Waals surface area contributed by atoms with Gasteiger partial charge in [0.25, 0.3) is 0 Å². The molecule has 0 fully saturated rings. The Morgan fingerprint density at radius 2 is 2.26 bits per heavy atom. The molecule has 0 radical (unpaired) electrons. The molecule has 1 N–H and O–H groups in total. The highest BCUT2D eigenvalue weighted by molar-refractivity contribution is 7.18. The lowest BCUT2D eigenvalue weighted by Crippen LogP contribution is -2.07. The van der Waals surface area contributed by atoms with Crippen LogP contribution < -0.4 is 5.32 Å². The SMILES string of the molecule is Cc1csc2c(NCCc3ccn(C)n3)ncnc12. The van der Waals surface area contributed by atoms with E-state index in [1.165, 1.54) is 5.56 Å². The maximum absolute atomic E-state index is 4.35.